The number of nitrogens with one attached hydrogen (secondary N) is 1. The van der Waals surface area contributed by atoms with Crippen molar-refractivity contribution in [2.24, 2.45) is 0 Å². The van der Waals surface area contributed by atoms with Crippen LogP contribution in [0.4, 0.5) is 4.39 Å². The molecule has 4 heteroatoms. The maximum Gasteiger partial charge on any atom is 0.142 e. The highest BCUT2D eigenvalue weighted by Crippen LogP contribution is 2.28. The van der Waals surface area contributed by atoms with Crippen LogP contribution < -0.4 is 5.32 Å². The fraction of sp³-hybridized carbons (Fsp3) is 0.333. The average molecular weight is 342 g/mol. The summed E-state index contributed by atoms with van der Waals surface area (Å²) < 4.78 is 14.6. The van der Waals surface area contributed by atoms with Gasteiger partial charge >= 0.3 is 0 Å². The molecule has 1 aromatic heterocycles. The predicted molar refractivity (Wildman–Crippen MR) is 83.3 cm³/mol. The van der Waals surface area contributed by atoms with E-state index in [9.17, 15) is 4.39 Å². The van der Waals surface area contributed by atoms with Crippen LogP contribution in [0.25, 0.3) is 0 Å². The van der Waals surface area contributed by atoms with Crippen LogP contribution >= 0.6 is 27.3 Å². The van der Waals surface area contributed by atoms with Crippen LogP contribution in [0.3, 0.4) is 0 Å². The molecular formula is C15H17BrFNS. The third-order valence-corrected chi connectivity index (χ3v) is 5.04. The number of hydrogen-bond donors (Lipinski definition) is 1. The average Bonchev–Trinajstić information content (AvgIpc) is 2.87. The molecule has 1 aromatic carbocycles. The van der Waals surface area contributed by atoms with E-state index in [0.717, 1.165) is 12.8 Å². The summed E-state index contributed by atoms with van der Waals surface area (Å²) in [6.45, 7) is 2.15. The van der Waals surface area contributed by atoms with E-state index in [2.05, 4.69) is 40.3 Å². The Labute approximate surface area is 126 Å². The molecule has 2 rings (SSSR count). The Balaban J connectivity index is 2.22. The normalized spacial score (nSPS) is 12.6. The Hall–Kier alpha value is -0.710. The van der Waals surface area contributed by atoms with Crippen molar-refractivity contribution in [2.75, 3.05) is 7.05 Å². The largest absolute Gasteiger partial charge is 0.313 e. The van der Waals surface area contributed by atoms with Gasteiger partial charge in [-0.05, 0) is 47.6 Å². The Bertz CT molecular complexity index is 553. The van der Waals surface area contributed by atoms with Crippen molar-refractivity contribution in [2.45, 2.75) is 25.8 Å². The molecule has 1 heterocycles. The highest BCUT2D eigenvalue weighted by atomic mass is 79.9. The summed E-state index contributed by atoms with van der Waals surface area (Å²) in [5.74, 6) is -0.172. The van der Waals surface area contributed by atoms with E-state index in [1.54, 1.807) is 6.07 Å². The van der Waals surface area contributed by atoms with E-state index in [0.29, 0.717) is 10.0 Å². The van der Waals surface area contributed by atoms with Crippen LogP contribution in [0.1, 0.15) is 28.3 Å². The van der Waals surface area contributed by atoms with Gasteiger partial charge in [0.1, 0.15) is 5.82 Å². The number of benzene rings is 1. The summed E-state index contributed by atoms with van der Waals surface area (Å²) in [6.07, 6.45) is 1.87. The van der Waals surface area contributed by atoms with Gasteiger partial charge in [-0.2, -0.15) is 0 Å². The molecule has 0 amide bonds. The molecule has 0 fully saturated rings. The van der Waals surface area contributed by atoms with Crippen LogP contribution in [-0.4, -0.2) is 7.05 Å². The summed E-state index contributed by atoms with van der Waals surface area (Å²) in [4.78, 5) is 2.66. The zero-order valence-corrected chi connectivity index (χ0v) is 13.4. The molecule has 0 aliphatic carbocycles. The monoisotopic (exact) mass is 341 g/mol. The molecule has 1 nitrogen and oxygen atoms in total. The molecule has 0 saturated heterocycles. The lowest BCUT2D eigenvalue weighted by Crippen LogP contribution is -2.19. The van der Waals surface area contributed by atoms with Crippen LogP contribution in [0.15, 0.2) is 34.8 Å². The first-order valence-corrected chi connectivity index (χ1v) is 7.95. The molecule has 1 N–H and O–H groups in total. The van der Waals surface area contributed by atoms with Crippen LogP contribution in [0.5, 0.6) is 0 Å². The second-order valence-electron chi connectivity index (χ2n) is 4.41. The third-order valence-electron chi connectivity index (χ3n) is 3.18. The van der Waals surface area contributed by atoms with Gasteiger partial charge in [0.15, 0.2) is 0 Å². The topological polar surface area (TPSA) is 12.0 Å². The number of rotatable bonds is 5. The van der Waals surface area contributed by atoms with Crippen molar-refractivity contribution >= 4 is 27.3 Å². The first-order chi connectivity index (χ1) is 9.15. The minimum atomic E-state index is -0.172. The SMILES string of the molecule is CCc1ccc(CC(NC)c2cccc(Br)c2F)s1. The van der Waals surface area contributed by atoms with Crippen molar-refractivity contribution in [3.05, 3.63) is 55.9 Å². The number of aryl methyl sites for hydroxylation is 1. The molecule has 1 atom stereocenters. The summed E-state index contributed by atoms with van der Waals surface area (Å²) in [6, 6.07) is 9.74. The van der Waals surface area contributed by atoms with E-state index < -0.39 is 0 Å². The first kappa shape index (κ1) is 14.7. The number of hydrogen-bond acceptors (Lipinski definition) is 2. The van der Waals surface area contributed by atoms with E-state index in [1.807, 2.05) is 30.5 Å². The van der Waals surface area contributed by atoms with E-state index in [-0.39, 0.29) is 11.9 Å². The molecule has 0 saturated carbocycles. The number of thiophene rings is 1. The summed E-state index contributed by atoms with van der Waals surface area (Å²) in [5.41, 5.74) is 0.711. The standard InChI is InChI=1S/C15H17BrFNS/c1-3-10-7-8-11(19-10)9-14(18-2)12-5-4-6-13(16)15(12)17/h4-8,14,18H,3,9H2,1-2H3. The molecule has 0 aliphatic rings. The zero-order chi connectivity index (χ0) is 13.8. The van der Waals surface area contributed by atoms with Crippen LogP contribution in [-0.2, 0) is 12.8 Å². The van der Waals surface area contributed by atoms with E-state index in [1.165, 1.54) is 9.75 Å². The van der Waals surface area contributed by atoms with Crippen LogP contribution in [0.2, 0.25) is 0 Å². The summed E-state index contributed by atoms with van der Waals surface area (Å²) in [7, 11) is 1.87. The molecule has 1 unspecified atom stereocenters. The molecule has 2 aromatic rings. The minimum absolute atomic E-state index is 0.000793. The van der Waals surface area contributed by atoms with Crippen molar-refractivity contribution in [1.82, 2.24) is 5.32 Å². The van der Waals surface area contributed by atoms with Gasteiger partial charge in [0.25, 0.3) is 0 Å². The lowest BCUT2D eigenvalue weighted by Gasteiger charge is -2.17. The molecule has 102 valence electrons. The van der Waals surface area contributed by atoms with Gasteiger partial charge in [-0.1, -0.05) is 19.1 Å². The van der Waals surface area contributed by atoms with Gasteiger partial charge in [-0.25, -0.2) is 4.39 Å². The van der Waals surface area contributed by atoms with E-state index in [4.69, 9.17) is 0 Å². The molecule has 0 bridgehead atoms. The maximum absolute atomic E-state index is 14.1. The quantitative estimate of drug-likeness (QED) is 0.829. The Morgan fingerprint density at radius 3 is 2.63 bits per heavy atom. The van der Waals surface area contributed by atoms with Crippen molar-refractivity contribution in [3.63, 3.8) is 0 Å². The fourth-order valence-electron chi connectivity index (χ4n) is 2.08. The second-order valence-corrected chi connectivity index (χ2v) is 6.52. The van der Waals surface area contributed by atoms with Crippen molar-refractivity contribution in [3.8, 4) is 0 Å². The van der Waals surface area contributed by atoms with Crippen molar-refractivity contribution < 1.29 is 4.39 Å². The zero-order valence-electron chi connectivity index (χ0n) is 11.0. The first-order valence-electron chi connectivity index (χ1n) is 6.34. The fourth-order valence-corrected chi connectivity index (χ4v) is 3.47. The highest BCUT2D eigenvalue weighted by molar-refractivity contribution is 9.10. The van der Waals surface area contributed by atoms with Gasteiger partial charge in [0, 0.05) is 27.8 Å². The lowest BCUT2D eigenvalue weighted by molar-refractivity contribution is 0.533. The van der Waals surface area contributed by atoms with Gasteiger partial charge < -0.3 is 5.32 Å². The summed E-state index contributed by atoms with van der Waals surface area (Å²) in [5, 5.41) is 3.21. The smallest absolute Gasteiger partial charge is 0.142 e. The van der Waals surface area contributed by atoms with Gasteiger partial charge in [-0.15, -0.1) is 11.3 Å². The highest BCUT2D eigenvalue weighted by Gasteiger charge is 2.17. The van der Waals surface area contributed by atoms with Crippen molar-refractivity contribution in [1.29, 1.82) is 0 Å². The number of halogens is 2. The Kier molecular flexibility index (Phi) is 5.13. The second kappa shape index (κ2) is 6.64. The molecule has 19 heavy (non-hydrogen) atoms. The van der Waals surface area contributed by atoms with Gasteiger partial charge in [-0.3, -0.25) is 0 Å². The third kappa shape index (κ3) is 3.44. The summed E-state index contributed by atoms with van der Waals surface area (Å²) >= 11 is 5.05. The minimum Gasteiger partial charge on any atom is -0.313 e. The van der Waals surface area contributed by atoms with Gasteiger partial charge in [0.05, 0.1) is 4.47 Å². The van der Waals surface area contributed by atoms with E-state index >= 15 is 0 Å². The Morgan fingerprint density at radius 1 is 1.26 bits per heavy atom. The Morgan fingerprint density at radius 2 is 2.00 bits per heavy atom. The number of likely N-dealkylation sites (N-methyl/N-ethyl adjacent to an activating group) is 1. The van der Waals surface area contributed by atoms with Gasteiger partial charge in [0.2, 0.25) is 0 Å². The lowest BCUT2D eigenvalue weighted by atomic mass is 10.0. The molecular weight excluding hydrogens is 325 g/mol. The van der Waals surface area contributed by atoms with Crippen LogP contribution in [0, 0.1) is 5.82 Å². The predicted octanol–water partition coefficient (Wildman–Crippen LogP) is 4.72. The molecule has 0 aliphatic heterocycles. The maximum atomic E-state index is 14.1. The molecule has 0 radical (unpaired) electrons. The molecule has 0 spiro atoms.